The van der Waals surface area contributed by atoms with Gasteiger partial charge in [0.2, 0.25) is 5.91 Å². The van der Waals surface area contributed by atoms with Crippen LogP contribution in [-0.4, -0.2) is 37.0 Å². The van der Waals surface area contributed by atoms with Crippen LogP contribution in [0.15, 0.2) is 30.3 Å². The van der Waals surface area contributed by atoms with E-state index in [4.69, 9.17) is 4.74 Å². The summed E-state index contributed by atoms with van der Waals surface area (Å²) < 4.78 is 4.82. The molecule has 0 bridgehead atoms. The summed E-state index contributed by atoms with van der Waals surface area (Å²) in [5.41, 5.74) is 0.943. The maximum atomic E-state index is 12.1. The van der Waals surface area contributed by atoms with Crippen molar-refractivity contribution in [1.82, 2.24) is 4.90 Å². The highest BCUT2D eigenvalue weighted by atomic mass is 16.5. The van der Waals surface area contributed by atoms with Gasteiger partial charge in [0.15, 0.2) is 0 Å². The van der Waals surface area contributed by atoms with Gasteiger partial charge in [0.1, 0.15) is 6.54 Å². The molecule has 0 fully saturated rings. The molecule has 1 atom stereocenters. The molecule has 0 heterocycles. The highest BCUT2D eigenvalue weighted by molar-refractivity contribution is 5.86. The number of benzene rings is 1. The van der Waals surface area contributed by atoms with Crippen molar-refractivity contribution in [3.05, 3.63) is 35.9 Å². The highest BCUT2D eigenvalue weighted by Gasteiger charge is 2.20. The summed E-state index contributed by atoms with van der Waals surface area (Å²) in [4.78, 5) is 24.8. The second-order valence-electron chi connectivity index (χ2n) is 4.13. The SMILES string of the molecule is CCOC(=O)CN(C)C(=O)C(C)c1ccccc1. The van der Waals surface area contributed by atoms with Gasteiger partial charge in [-0.05, 0) is 19.4 Å². The van der Waals surface area contributed by atoms with Crippen molar-refractivity contribution in [2.75, 3.05) is 20.2 Å². The van der Waals surface area contributed by atoms with Crippen LogP contribution in [0.5, 0.6) is 0 Å². The zero-order chi connectivity index (χ0) is 13.5. The first-order chi connectivity index (χ1) is 8.56. The van der Waals surface area contributed by atoms with Crippen molar-refractivity contribution < 1.29 is 14.3 Å². The van der Waals surface area contributed by atoms with Gasteiger partial charge in [0, 0.05) is 7.05 Å². The predicted octanol–water partition coefficient (Wildman–Crippen LogP) is 1.81. The molecule has 0 aliphatic rings. The highest BCUT2D eigenvalue weighted by Crippen LogP contribution is 2.16. The van der Waals surface area contributed by atoms with Crippen LogP contribution < -0.4 is 0 Å². The molecule has 0 radical (unpaired) electrons. The molecule has 0 aliphatic heterocycles. The Kier molecular flexibility index (Phi) is 5.36. The average Bonchev–Trinajstić information content (AvgIpc) is 2.38. The van der Waals surface area contributed by atoms with Gasteiger partial charge in [-0.1, -0.05) is 30.3 Å². The van der Waals surface area contributed by atoms with Crippen LogP contribution >= 0.6 is 0 Å². The van der Waals surface area contributed by atoms with Gasteiger partial charge in [0.05, 0.1) is 12.5 Å². The summed E-state index contributed by atoms with van der Waals surface area (Å²) >= 11 is 0. The predicted molar refractivity (Wildman–Crippen MR) is 69.1 cm³/mol. The minimum atomic E-state index is -0.381. The minimum Gasteiger partial charge on any atom is -0.465 e. The molecule has 4 heteroatoms. The number of hydrogen-bond donors (Lipinski definition) is 0. The van der Waals surface area contributed by atoms with E-state index in [1.54, 1.807) is 14.0 Å². The van der Waals surface area contributed by atoms with Crippen LogP contribution in [0, 0.1) is 0 Å². The van der Waals surface area contributed by atoms with Gasteiger partial charge >= 0.3 is 5.97 Å². The van der Waals surface area contributed by atoms with E-state index in [1.807, 2.05) is 37.3 Å². The van der Waals surface area contributed by atoms with E-state index in [-0.39, 0.29) is 24.3 Å². The first-order valence-electron chi connectivity index (χ1n) is 6.01. The third kappa shape index (κ3) is 3.87. The van der Waals surface area contributed by atoms with Gasteiger partial charge in [-0.25, -0.2) is 0 Å². The third-order valence-corrected chi connectivity index (χ3v) is 2.72. The van der Waals surface area contributed by atoms with Crippen LogP contribution in [0.3, 0.4) is 0 Å². The van der Waals surface area contributed by atoms with Gasteiger partial charge < -0.3 is 9.64 Å². The third-order valence-electron chi connectivity index (χ3n) is 2.72. The van der Waals surface area contributed by atoms with E-state index in [9.17, 15) is 9.59 Å². The number of rotatable bonds is 5. The number of esters is 1. The second-order valence-corrected chi connectivity index (χ2v) is 4.13. The molecule has 4 nitrogen and oxygen atoms in total. The van der Waals surface area contributed by atoms with Crippen molar-refractivity contribution in [2.24, 2.45) is 0 Å². The number of ether oxygens (including phenoxy) is 1. The molecular weight excluding hydrogens is 230 g/mol. The normalized spacial score (nSPS) is 11.7. The summed E-state index contributed by atoms with van der Waals surface area (Å²) in [6.07, 6.45) is 0. The molecule has 0 saturated carbocycles. The zero-order valence-electron chi connectivity index (χ0n) is 11.1. The molecule has 1 aromatic rings. The van der Waals surface area contributed by atoms with Crippen molar-refractivity contribution in [2.45, 2.75) is 19.8 Å². The Morgan fingerprint density at radius 1 is 1.28 bits per heavy atom. The molecular formula is C14H19NO3. The summed E-state index contributed by atoms with van der Waals surface area (Å²) in [6, 6.07) is 9.50. The Balaban J connectivity index is 2.61. The summed E-state index contributed by atoms with van der Waals surface area (Å²) in [7, 11) is 1.61. The number of likely N-dealkylation sites (N-methyl/N-ethyl adjacent to an activating group) is 1. The lowest BCUT2D eigenvalue weighted by atomic mass is 10.00. The molecule has 0 N–H and O–H groups in total. The lowest BCUT2D eigenvalue weighted by Crippen LogP contribution is -2.35. The largest absolute Gasteiger partial charge is 0.465 e. The molecule has 0 saturated heterocycles. The van der Waals surface area contributed by atoms with Crippen molar-refractivity contribution in [3.8, 4) is 0 Å². The average molecular weight is 249 g/mol. The maximum absolute atomic E-state index is 12.1. The number of carbonyl (C=O) groups is 2. The Labute approximate surface area is 108 Å². The smallest absolute Gasteiger partial charge is 0.325 e. The first kappa shape index (κ1) is 14.2. The number of amides is 1. The summed E-state index contributed by atoms with van der Waals surface area (Å²) in [6.45, 7) is 3.89. The van der Waals surface area contributed by atoms with Crippen molar-refractivity contribution in [3.63, 3.8) is 0 Å². The van der Waals surface area contributed by atoms with E-state index in [0.717, 1.165) is 5.56 Å². The van der Waals surface area contributed by atoms with Gasteiger partial charge in [-0.2, -0.15) is 0 Å². The first-order valence-corrected chi connectivity index (χ1v) is 6.01. The zero-order valence-corrected chi connectivity index (χ0v) is 11.1. The number of carbonyl (C=O) groups excluding carboxylic acids is 2. The molecule has 1 aromatic carbocycles. The van der Waals surface area contributed by atoms with Crippen molar-refractivity contribution >= 4 is 11.9 Å². The summed E-state index contributed by atoms with van der Waals surface area (Å²) in [5, 5.41) is 0. The van der Waals surface area contributed by atoms with Crippen LogP contribution in [0.4, 0.5) is 0 Å². The van der Waals surface area contributed by atoms with E-state index in [0.29, 0.717) is 6.61 Å². The lowest BCUT2D eigenvalue weighted by Gasteiger charge is -2.20. The Morgan fingerprint density at radius 2 is 1.89 bits per heavy atom. The van der Waals surface area contributed by atoms with Gasteiger partial charge in [-0.15, -0.1) is 0 Å². The molecule has 1 rings (SSSR count). The minimum absolute atomic E-state index is 0.0101. The van der Waals surface area contributed by atoms with Crippen LogP contribution in [0.2, 0.25) is 0 Å². The molecule has 0 aliphatic carbocycles. The Morgan fingerprint density at radius 3 is 2.44 bits per heavy atom. The fourth-order valence-electron chi connectivity index (χ4n) is 1.69. The van der Waals surface area contributed by atoms with Gasteiger partial charge in [-0.3, -0.25) is 9.59 Å². The number of nitrogens with zero attached hydrogens (tertiary/aromatic N) is 1. The molecule has 98 valence electrons. The Bertz CT molecular complexity index is 403. The maximum Gasteiger partial charge on any atom is 0.325 e. The molecule has 0 spiro atoms. The molecule has 18 heavy (non-hydrogen) atoms. The molecule has 0 aromatic heterocycles. The molecule has 1 unspecified atom stereocenters. The van der Waals surface area contributed by atoms with Crippen molar-refractivity contribution in [1.29, 1.82) is 0 Å². The quantitative estimate of drug-likeness (QED) is 0.748. The van der Waals surface area contributed by atoms with Gasteiger partial charge in [0.25, 0.3) is 0 Å². The van der Waals surface area contributed by atoms with E-state index >= 15 is 0 Å². The standard InChI is InChI=1S/C14H19NO3/c1-4-18-13(16)10-15(3)14(17)11(2)12-8-6-5-7-9-12/h5-9,11H,4,10H2,1-3H3. The van der Waals surface area contributed by atoms with E-state index in [2.05, 4.69) is 0 Å². The second kappa shape index (κ2) is 6.79. The number of hydrogen-bond acceptors (Lipinski definition) is 3. The topological polar surface area (TPSA) is 46.6 Å². The van der Waals surface area contributed by atoms with E-state index < -0.39 is 0 Å². The fraction of sp³-hybridized carbons (Fsp3) is 0.429. The van der Waals surface area contributed by atoms with Crippen LogP contribution in [0.25, 0.3) is 0 Å². The molecule has 1 amide bonds. The lowest BCUT2D eigenvalue weighted by molar-refractivity contribution is -0.148. The van der Waals surface area contributed by atoms with Crippen LogP contribution in [-0.2, 0) is 14.3 Å². The fourth-order valence-corrected chi connectivity index (χ4v) is 1.69. The van der Waals surface area contributed by atoms with E-state index in [1.165, 1.54) is 4.90 Å². The Hall–Kier alpha value is -1.84. The van der Waals surface area contributed by atoms with Crippen LogP contribution in [0.1, 0.15) is 25.3 Å². The monoisotopic (exact) mass is 249 g/mol. The summed E-state index contributed by atoms with van der Waals surface area (Å²) in [5.74, 6) is -0.728.